The number of rotatable bonds is 3. The van der Waals surface area contributed by atoms with Crippen molar-refractivity contribution >= 4 is 5.69 Å². The lowest BCUT2D eigenvalue weighted by atomic mass is 10.1. The maximum atomic E-state index is 10.5. The van der Waals surface area contributed by atoms with Gasteiger partial charge >= 0.3 is 0 Å². The first kappa shape index (κ1) is 10.8. The third kappa shape index (κ3) is 2.29. The Morgan fingerprint density at radius 1 is 1.41 bits per heavy atom. The minimum absolute atomic E-state index is 0.0227. The molecule has 0 aliphatic carbocycles. The molecule has 2 aromatic rings. The number of benzene rings is 1. The van der Waals surface area contributed by atoms with Gasteiger partial charge in [-0.25, -0.2) is 4.98 Å². The van der Waals surface area contributed by atoms with Gasteiger partial charge in [0.2, 0.25) is 5.89 Å². The fourth-order valence-corrected chi connectivity index (χ4v) is 1.35. The molecule has 0 saturated carbocycles. The highest BCUT2D eigenvalue weighted by molar-refractivity contribution is 5.59. The van der Waals surface area contributed by atoms with Crippen LogP contribution in [-0.2, 0) is 6.42 Å². The summed E-state index contributed by atoms with van der Waals surface area (Å²) in [7, 11) is 0. The molecule has 17 heavy (non-hydrogen) atoms. The number of nitriles is 1. The largest absolute Gasteiger partial charge is 0.447 e. The smallest absolute Gasteiger partial charge is 0.269 e. The molecular formula is C11H7N3O3. The third-order valence-corrected chi connectivity index (χ3v) is 2.16. The summed E-state index contributed by atoms with van der Waals surface area (Å²) in [4.78, 5) is 14.1. The van der Waals surface area contributed by atoms with Crippen LogP contribution in [0.25, 0.3) is 11.3 Å². The van der Waals surface area contributed by atoms with E-state index in [4.69, 9.17) is 9.68 Å². The lowest BCUT2D eigenvalue weighted by molar-refractivity contribution is -0.384. The Hall–Kier alpha value is -2.68. The summed E-state index contributed by atoms with van der Waals surface area (Å²) in [6.07, 6.45) is 1.53. The Labute approximate surface area is 96.3 Å². The predicted molar refractivity (Wildman–Crippen MR) is 57.9 cm³/mol. The summed E-state index contributed by atoms with van der Waals surface area (Å²) in [6, 6.07) is 7.90. The predicted octanol–water partition coefficient (Wildman–Crippen LogP) is 2.32. The van der Waals surface area contributed by atoms with Crippen LogP contribution in [0.3, 0.4) is 0 Å². The van der Waals surface area contributed by atoms with Crippen LogP contribution in [0, 0.1) is 21.4 Å². The first-order valence-corrected chi connectivity index (χ1v) is 4.77. The molecule has 0 spiro atoms. The average molecular weight is 229 g/mol. The van der Waals surface area contributed by atoms with Gasteiger partial charge in [-0.1, -0.05) is 0 Å². The molecule has 0 bridgehead atoms. The van der Waals surface area contributed by atoms with Gasteiger partial charge in [0.1, 0.15) is 18.4 Å². The second kappa shape index (κ2) is 4.45. The van der Waals surface area contributed by atoms with Gasteiger partial charge in [-0.05, 0) is 12.1 Å². The van der Waals surface area contributed by atoms with Gasteiger partial charge in [-0.15, -0.1) is 0 Å². The molecule has 2 rings (SSSR count). The Morgan fingerprint density at radius 3 is 2.71 bits per heavy atom. The van der Waals surface area contributed by atoms with Gasteiger partial charge in [-0.2, -0.15) is 5.26 Å². The molecule has 1 heterocycles. The van der Waals surface area contributed by atoms with Crippen LogP contribution in [0.1, 0.15) is 5.89 Å². The number of oxazole rings is 1. The Balaban J connectivity index is 2.27. The van der Waals surface area contributed by atoms with E-state index in [0.29, 0.717) is 17.1 Å². The first-order valence-electron chi connectivity index (χ1n) is 4.77. The summed E-state index contributed by atoms with van der Waals surface area (Å²) in [5, 5.41) is 18.9. The van der Waals surface area contributed by atoms with E-state index < -0.39 is 4.92 Å². The van der Waals surface area contributed by atoms with Crippen molar-refractivity contribution in [3.8, 4) is 17.3 Å². The molecule has 0 fully saturated rings. The molecule has 0 aliphatic rings. The maximum absolute atomic E-state index is 10.5. The summed E-state index contributed by atoms with van der Waals surface area (Å²) in [5.41, 5.74) is 1.29. The van der Waals surface area contributed by atoms with Crippen LogP contribution < -0.4 is 0 Å². The summed E-state index contributed by atoms with van der Waals surface area (Å²) < 4.78 is 5.07. The second-order valence-corrected chi connectivity index (χ2v) is 3.27. The molecule has 0 N–H and O–H groups in total. The SMILES string of the molecule is N#CCc1nc(-c2ccc([N+](=O)[O-])cc2)co1. The number of hydrogen-bond donors (Lipinski definition) is 0. The van der Waals surface area contributed by atoms with E-state index in [2.05, 4.69) is 4.98 Å². The van der Waals surface area contributed by atoms with E-state index in [-0.39, 0.29) is 12.1 Å². The summed E-state index contributed by atoms with van der Waals surface area (Å²) in [6.45, 7) is 0. The highest BCUT2D eigenvalue weighted by Crippen LogP contribution is 2.21. The number of nitrogens with zero attached hydrogens (tertiary/aromatic N) is 3. The molecule has 0 aliphatic heterocycles. The minimum atomic E-state index is -0.465. The van der Waals surface area contributed by atoms with Crippen LogP contribution in [0.2, 0.25) is 0 Å². The number of hydrogen-bond acceptors (Lipinski definition) is 5. The number of nitro groups is 1. The van der Waals surface area contributed by atoms with Crippen LogP contribution in [0.15, 0.2) is 34.9 Å². The fourth-order valence-electron chi connectivity index (χ4n) is 1.35. The summed E-state index contributed by atoms with van der Waals surface area (Å²) in [5.74, 6) is 0.334. The van der Waals surface area contributed by atoms with E-state index in [9.17, 15) is 10.1 Å². The average Bonchev–Trinajstić information content (AvgIpc) is 2.78. The topological polar surface area (TPSA) is 93.0 Å². The van der Waals surface area contributed by atoms with Gasteiger partial charge in [-0.3, -0.25) is 10.1 Å². The zero-order chi connectivity index (χ0) is 12.3. The Morgan fingerprint density at radius 2 is 2.12 bits per heavy atom. The molecule has 84 valence electrons. The van der Waals surface area contributed by atoms with Crippen molar-refractivity contribution in [2.75, 3.05) is 0 Å². The molecule has 0 radical (unpaired) electrons. The molecule has 0 saturated heterocycles. The van der Waals surface area contributed by atoms with Crippen molar-refractivity contribution < 1.29 is 9.34 Å². The molecule has 1 aromatic carbocycles. The van der Waals surface area contributed by atoms with E-state index in [0.717, 1.165) is 0 Å². The van der Waals surface area contributed by atoms with Crippen LogP contribution in [0.4, 0.5) is 5.69 Å². The van der Waals surface area contributed by atoms with Crippen molar-refractivity contribution in [2.24, 2.45) is 0 Å². The number of aromatic nitrogens is 1. The van der Waals surface area contributed by atoms with Crippen LogP contribution in [0.5, 0.6) is 0 Å². The maximum Gasteiger partial charge on any atom is 0.269 e. The molecule has 1 aromatic heterocycles. The molecule has 6 heteroatoms. The molecular weight excluding hydrogens is 222 g/mol. The molecule has 0 amide bonds. The van der Waals surface area contributed by atoms with Crippen molar-refractivity contribution in [3.05, 3.63) is 46.5 Å². The molecule has 6 nitrogen and oxygen atoms in total. The van der Waals surface area contributed by atoms with Gasteiger partial charge in [0.15, 0.2) is 0 Å². The third-order valence-electron chi connectivity index (χ3n) is 2.16. The van der Waals surface area contributed by atoms with Gasteiger partial charge in [0, 0.05) is 17.7 Å². The van der Waals surface area contributed by atoms with Crippen molar-refractivity contribution in [1.29, 1.82) is 5.26 Å². The first-order chi connectivity index (χ1) is 8.20. The molecule has 0 unspecified atom stereocenters. The number of nitro benzene ring substituents is 1. The monoisotopic (exact) mass is 229 g/mol. The molecule has 0 atom stereocenters. The Bertz CT molecular complexity index is 581. The van der Waals surface area contributed by atoms with E-state index in [1.54, 1.807) is 12.1 Å². The lowest BCUT2D eigenvalue weighted by Crippen LogP contribution is -1.87. The normalized spacial score (nSPS) is 9.82. The van der Waals surface area contributed by atoms with E-state index >= 15 is 0 Å². The van der Waals surface area contributed by atoms with Gasteiger partial charge in [0.05, 0.1) is 11.0 Å². The quantitative estimate of drug-likeness (QED) is 0.594. The fraction of sp³-hybridized carbons (Fsp3) is 0.0909. The van der Waals surface area contributed by atoms with Crippen molar-refractivity contribution in [2.45, 2.75) is 6.42 Å². The number of non-ortho nitro benzene ring substituents is 1. The van der Waals surface area contributed by atoms with Crippen LogP contribution in [-0.4, -0.2) is 9.91 Å². The van der Waals surface area contributed by atoms with Crippen molar-refractivity contribution in [1.82, 2.24) is 4.98 Å². The minimum Gasteiger partial charge on any atom is -0.447 e. The second-order valence-electron chi connectivity index (χ2n) is 3.27. The van der Waals surface area contributed by atoms with Crippen molar-refractivity contribution in [3.63, 3.8) is 0 Å². The van der Waals surface area contributed by atoms with Crippen LogP contribution >= 0.6 is 0 Å². The Kier molecular flexibility index (Phi) is 2.83. The lowest BCUT2D eigenvalue weighted by Gasteiger charge is -1.94. The standard InChI is InChI=1S/C11H7N3O3/c12-6-5-11-13-10(7-17-11)8-1-3-9(4-2-8)14(15)16/h1-4,7H,5H2. The summed E-state index contributed by atoms with van der Waals surface area (Å²) >= 11 is 0. The zero-order valence-electron chi connectivity index (χ0n) is 8.66. The van der Waals surface area contributed by atoms with E-state index in [1.807, 2.05) is 6.07 Å². The highest BCUT2D eigenvalue weighted by atomic mass is 16.6. The zero-order valence-corrected chi connectivity index (χ0v) is 8.66. The van der Waals surface area contributed by atoms with Gasteiger partial charge < -0.3 is 4.42 Å². The highest BCUT2D eigenvalue weighted by Gasteiger charge is 2.08. The van der Waals surface area contributed by atoms with E-state index in [1.165, 1.54) is 18.4 Å². The van der Waals surface area contributed by atoms with Gasteiger partial charge in [0.25, 0.3) is 5.69 Å².